The molecule has 0 spiro atoms. The van der Waals surface area contributed by atoms with Crippen molar-refractivity contribution in [2.24, 2.45) is 0 Å². The average Bonchev–Trinajstić information content (AvgIpc) is 3.34. The molecule has 1 aromatic carbocycles. The highest BCUT2D eigenvalue weighted by Crippen LogP contribution is 2.22. The second-order valence-electron chi connectivity index (χ2n) is 6.46. The van der Waals surface area contributed by atoms with Crippen LogP contribution in [0.5, 0.6) is 0 Å². The third-order valence-corrected chi connectivity index (χ3v) is 5.49. The molecule has 0 saturated carbocycles. The second-order valence-corrected chi connectivity index (χ2v) is 7.49. The molecule has 5 nitrogen and oxygen atoms in total. The summed E-state index contributed by atoms with van der Waals surface area (Å²) in [5.41, 5.74) is 5.47. The van der Waals surface area contributed by atoms with Crippen LogP contribution in [0.1, 0.15) is 21.8 Å². The van der Waals surface area contributed by atoms with Crippen LogP contribution in [0.4, 0.5) is 0 Å². The van der Waals surface area contributed by atoms with Crippen LogP contribution in [0.15, 0.2) is 53.9 Å². The van der Waals surface area contributed by atoms with Gasteiger partial charge in [0.25, 0.3) is 0 Å². The van der Waals surface area contributed by atoms with E-state index in [2.05, 4.69) is 10.3 Å². The van der Waals surface area contributed by atoms with Crippen LogP contribution in [-0.4, -0.2) is 20.5 Å². The average molecular weight is 376 g/mol. The minimum absolute atomic E-state index is 0.00816. The van der Waals surface area contributed by atoms with Gasteiger partial charge in [0, 0.05) is 33.5 Å². The molecule has 1 amide bonds. The van der Waals surface area contributed by atoms with Crippen molar-refractivity contribution in [2.75, 3.05) is 0 Å². The second kappa shape index (κ2) is 7.32. The Morgan fingerprint density at radius 1 is 1.15 bits per heavy atom. The molecule has 0 fully saturated rings. The SMILES string of the molecule is Cc1nc2cc(-c3ccccc3)nn2c(C)c1CC(=O)NCc1cccs1. The lowest BCUT2D eigenvalue weighted by Gasteiger charge is -2.11. The van der Waals surface area contributed by atoms with Crippen LogP contribution in [0.3, 0.4) is 0 Å². The van der Waals surface area contributed by atoms with Crippen LogP contribution in [0.25, 0.3) is 16.9 Å². The molecule has 6 heteroatoms. The van der Waals surface area contributed by atoms with Crippen molar-refractivity contribution in [3.8, 4) is 11.3 Å². The molecule has 0 unspecified atom stereocenters. The van der Waals surface area contributed by atoms with Gasteiger partial charge in [-0.25, -0.2) is 9.50 Å². The summed E-state index contributed by atoms with van der Waals surface area (Å²) in [5.74, 6) is -0.00816. The van der Waals surface area contributed by atoms with Gasteiger partial charge in [0.05, 0.1) is 18.7 Å². The van der Waals surface area contributed by atoms with E-state index in [4.69, 9.17) is 5.10 Å². The summed E-state index contributed by atoms with van der Waals surface area (Å²) in [5, 5.41) is 9.69. The van der Waals surface area contributed by atoms with Gasteiger partial charge in [-0.3, -0.25) is 4.79 Å². The number of benzene rings is 1. The molecule has 0 saturated heterocycles. The Kier molecular flexibility index (Phi) is 4.73. The minimum Gasteiger partial charge on any atom is -0.351 e. The smallest absolute Gasteiger partial charge is 0.224 e. The number of hydrogen-bond acceptors (Lipinski definition) is 4. The van der Waals surface area contributed by atoms with E-state index in [0.717, 1.165) is 38.7 Å². The van der Waals surface area contributed by atoms with Crippen LogP contribution in [-0.2, 0) is 17.8 Å². The summed E-state index contributed by atoms with van der Waals surface area (Å²) >= 11 is 1.64. The lowest BCUT2D eigenvalue weighted by molar-refractivity contribution is -0.120. The zero-order valence-electron chi connectivity index (χ0n) is 15.3. The Morgan fingerprint density at radius 3 is 2.70 bits per heavy atom. The van der Waals surface area contributed by atoms with Crippen LogP contribution in [0.2, 0.25) is 0 Å². The predicted molar refractivity (Wildman–Crippen MR) is 108 cm³/mol. The number of hydrogen-bond donors (Lipinski definition) is 1. The lowest BCUT2D eigenvalue weighted by atomic mass is 10.1. The molecule has 1 N–H and O–H groups in total. The normalized spacial score (nSPS) is 11.0. The van der Waals surface area contributed by atoms with Gasteiger partial charge < -0.3 is 5.32 Å². The van der Waals surface area contributed by atoms with E-state index in [1.54, 1.807) is 11.3 Å². The molecule has 0 aliphatic heterocycles. The fourth-order valence-electron chi connectivity index (χ4n) is 3.15. The van der Waals surface area contributed by atoms with E-state index in [0.29, 0.717) is 13.0 Å². The monoisotopic (exact) mass is 376 g/mol. The number of fused-ring (bicyclic) bond motifs is 1. The molecule has 0 bridgehead atoms. The zero-order chi connectivity index (χ0) is 18.8. The van der Waals surface area contributed by atoms with Gasteiger partial charge in [0.2, 0.25) is 5.91 Å². The number of carbonyl (C=O) groups is 1. The Balaban J connectivity index is 1.60. The van der Waals surface area contributed by atoms with Gasteiger partial charge in [-0.1, -0.05) is 36.4 Å². The number of nitrogens with zero attached hydrogens (tertiary/aromatic N) is 3. The van der Waals surface area contributed by atoms with E-state index in [1.165, 1.54) is 0 Å². The zero-order valence-corrected chi connectivity index (χ0v) is 16.1. The molecule has 0 aliphatic carbocycles. The first kappa shape index (κ1) is 17.4. The Labute approximate surface area is 161 Å². The quantitative estimate of drug-likeness (QED) is 0.574. The molecule has 3 heterocycles. The molecular formula is C21H20N4OS. The highest BCUT2D eigenvalue weighted by atomic mass is 32.1. The maximum atomic E-state index is 12.4. The minimum atomic E-state index is -0.00816. The van der Waals surface area contributed by atoms with Crippen molar-refractivity contribution < 1.29 is 4.79 Å². The third kappa shape index (κ3) is 3.61. The van der Waals surface area contributed by atoms with Gasteiger partial charge in [-0.2, -0.15) is 5.10 Å². The van der Waals surface area contributed by atoms with E-state index in [-0.39, 0.29) is 5.91 Å². The highest BCUT2D eigenvalue weighted by molar-refractivity contribution is 7.09. The maximum Gasteiger partial charge on any atom is 0.224 e. The number of aryl methyl sites for hydroxylation is 2. The molecule has 0 aliphatic rings. The summed E-state index contributed by atoms with van der Waals surface area (Å²) in [7, 11) is 0. The first-order valence-corrected chi connectivity index (χ1v) is 9.70. The number of amides is 1. The Morgan fingerprint density at radius 2 is 1.96 bits per heavy atom. The summed E-state index contributed by atoms with van der Waals surface area (Å²) < 4.78 is 1.83. The largest absolute Gasteiger partial charge is 0.351 e. The van der Waals surface area contributed by atoms with Crippen molar-refractivity contribution >= 4 is 22.9 Å². The first-order chi connectivity index (χ1) is 13.1. The Bertz CT molecular complexity index is 1080. The summed E-state index contributed by atoms with van der Waals surface area (Å²) in [4.78, 5) is 18.2. The number of thiophene rings is 1. The predicted octanol–water partition coefficient (Wildman–Crippen LogP) is 3.93. The van der Waals surface area contributed by atoms with Gasteiger partial charge in [-0.05, 0) is 25.3 Å². The first-order valence-electron chi connectivity index (χ1n) is 8.82. The van der Waals surface area contributed by atoms with Gasteiger partial charge in [-0.15, -0.1) is 11.3 Å². The van der Waals surface area contributed by atoms with Crippen molar-refractivity contribution in [1.82, 2.24) is 19.9 Å². The molecule has 0 atom stereocenters. The van der Waals surface area contributed by atoms with Gasteiger partial charge in [0.1, 0.15) is 0 Å². The number of rotatable bonds is 5. The topological polar surface area (TPSA) is 59.3 Å². The molecule has 4 rings (SSSR count). The van der Waals surface area contributed by atoms with Crippen molar-refractivity contribution in [1.29, 1.82) is 0 Å². The van der Waals surface area contributed by atoms with Crippen LogP contribution in [0, 0.1) is 13.8 Å². The Hall–Kier alpha value is -2.99. The highest BCUT2D eigenvalue weighted by Gasteiger charge is 2.15. The van der Waals surface area contributed by atoms with Crippen LogP contribution < -0.4 is 5.32 Å². The maximum absolute atomic E-state index is 12.4. The number of nitrogens with one attached hydrogen (secondary N) is 1. The molecule has 4 aromatic rings. The van der Waals surface area contributed by atoms with E-state index in [9.17, 15) is 4.79 Å². The number of carbonyl (C=O) groups excluding carboxylic acids is 1. The molecule has 0 radical (unpaired) electrons. The van der Waals surface area contributed by atoms with E-state index in [1.807, 2.05) is 72.3 Å². The fraction of sp³-hybridized carbons (Fsp3) is 0.190. The molecule has 3 aromatic heterocycles. The summed E-state index contributed by atoms with van der Waals surface area (Å²) in [6.45, 7) is 4.50. The van der Waals surface area contributed by atoms with Crippen molar-refractivity contribution in [2.45, 2.75) is 26.8 Å². The van der Waals surface area contributed by atoms with Crippen molar-refractivity contribution in [3.05, 3.63) is 75.7 Å². The van der Waals surface area contributed by atoms with Crippen molar-refractivity contribution in [3.63, 3.8) is 0 Å². The molecule has 136 valence electrons. The molecular weight excluding hydrogens is 356 g/mol. The fourth-order valence-corrected chi connectivity index (χ4v) is 3.80. The summed E-state index contributed by atoms with van der Waals surface area (Å²) in [6, 6.07) is 16.0. The lowest BCUT2D eigenvalue weighted by Crippen LogP contribution is -2.25. The number of aromatic nitrogens is 3. The van der Waals surface area contributed by atoms with E-state index >= 15 is 0 Å². The van der Waals surface area contributed by atoms with Gasteiger partial charge in [0.15, 0.2) is 5.65 Å². The van der Waals surface area contributed by atoms with Crippen LogP contribution >= 0.6 is 11.3 Å². The van der Waals surface area contributed by atoms with E-state index < -0.39 is 0 Å². The standard InChI is InChI=1S/C21H20N4OS/c1-14-18(11-21(26)22-13-17-9-6-10-27-17)15(2)25-20(23-14)12-19(24-25)16-7-4-3-5-8-16/h3-10,12H,11,13H2,1-2H3,(H,22,26). The molecule has 27 heavy (non-hydrogen) atoms. The van der Waals surface area contributed by atoms with Gasteiger partial charge >= 0.3 is 0 Å². The third-order valence-electron chi connectivity index (χ3n) is 4.61. The summed E-state index contributed by atoms with van der Waals surface area (Å²) in [6.07, 6.45) is 0.298.